The van der Waals surface area contributed by atoms with Crippen LogP contribution in [0.2, 0.25) is 5.02 Å². The third-order valence-corrected chi connectivity index (χ3v) is 5.01. The number of hydrogen-bond acceptors (Lipinski definition) is 6. The lowest BCUT2D eigenvalue weighted by Gasteiger charge is -2.15. The largest absolute Gasteiger partial charge is 0.351 e. The summed E-state index contributed by atoms with van der Waals surface area (Å²) in [5.41, 5.74) is 2.82. The summed E-state index contributed by atoms with van der Waals surface area (Å²) < 4.78 is 2.09. The highest BCUT2D eigenvalue weighted by molar-refractivity contribution is 6.32. The molecule has 8 nitrogen and oxygen atoms in total. The number of nitrogens with zero attached hydrogens (tertiary/aromatic N) is 5. The van der Waals surface area contributed by atoms with Gasteiger partial charge in [-0.1, -0.05) is 11.6 Å². The van der Waals surface area contributed by atoms with E-state index in [-0.39, 0.29) is 11.9 Å². The van der Waals surface area contributed by atoms with Gasteiger partial charge in [0, 0.05) is 30.4 Å². The third kappa shape index (κ3) is 5.59. The summed E-state index contributed by atoms with van der Waals surface area (Å²) in [4.78, 5) is 27.5. The van der Waals surface area contributed by atoms with E-state index in [4.69, 9.17) is 11.6 Å². The van der Waals surface area contributed by atoms with E-state index in [0.29, 0.717) is 28.8 Å². The van der Waals surface area contributed by atoms with Crippen molar-refractivity contribution in [3.8, 4) is 11.4 Å². The monoisotopic (exact) mass is 441 g/mol. The van der Waals surface area contributed by atoms with Crippen molar-refractivity contribution in [3.63, 3.8) is 0 Å². The van der Waals surface area contributed by atoms with Gasteiger partial charge in [-0.3, -0.25) is 4.79 Å². The number of carbonyl (C=O) groups excluding carboxylic acids is 1. The molecule has 9 heteroatoms. The number of benzene rings is 1. The molecule has 0 saturated heterocycles. The summed E-state index contributed by atoms with van der Waals surface area (Å²) >= 11 is 6.40. The predicted molar refractivity (Wildman–Crippen MR) is 124 cm³/mol. The topological polar surface area (TPSA) is 88.0 Å². The molecule has 0 aliphatic heterocycles. The maximum absolute atomic E-state index is 12.2. The maximum atomic E-state index is 12.2. The van der Waals surface area contributed by atoms with Crippen LogP contribution in [0.1, 0.15) is 36.1 Å². The van der Waals surface area contributed by atoms with Crippen molar-refractivity contribution in [1.82, 2.24) is 29.7 Å². The average molecular weight is 442 g/mol. The quantitative estimate of drug-likeness (QED) is 0.550. The molecule has 1 aromatic carbocycles. The van der Waals surface area contributed by atoms with Crippen LogP contribution in [0.5, 0.6) is 0 Å². The van der Waals surface area contributed by atoms with Crippen LogP contribution in [0.4, 0.5) is 11.6 Å². The van der Waals surface area contributed by atoms with Crippen LogP contribution in [0.15, 0.2) is 36.7 Å². The maximum Gasteiger partial charge on any atom is 0.251 e. The molecule has 2 heterocycles. The van der Waals surface area contributed by atoms with Crippen LogP contribution in [0.25, 0.3) is 11.4 Å². The van der Waals surface area contributed by atoms with E-state index in [1.54, 1.807) is 24.5 Å². The number of rotatable bonds is 8. The first-order valence-electron chi connectivity index (χ1n) is 10.1. The van der Waals surface area contributed by atoms with Crippen molar-refractivity contribution in [2.75, 3.05) is 32.5 Å². The minimum atomic E-state index is -0.101. The molecule has 3 rings (SSSR count). The zero-order chi connectivity index (χ0) is 22.5. The molecule has 0 bridgehead atoms. The number of carbonyl (C=O) groups is 1. The minimum Gasteiger partial charge on any atom is -0.351 e. The lowest BCUT2D eigenvalue weighted by atomic mass is 10.2. The van der Waals surface area contributed by atoms with Gasteiger partial charge in [0.05, 0.1) is 23.1 Å². The summed E-state index contributed by atoms with van der Waals surface area (Å²) in [5, 5.41) is 6.53. The smallest absolute Gasteiger partial charge is 0.251 e. The first-order chi connectivity index (χ1) is 14.8. The fourth-order valence-corrected chi connectivity index (χ4v) is 3.40. The number of aromatic nitrogens is 4. The molecule has 0 atom stereocenters. The number of nitrogens with one attached hydrogen (secondary N) is 2. The number of amides is 1. The SMILES string of the molecule is Cc1ncc(-c2nc(Nc3ccc(C(=O)NCCN(C)C)cc3)ncc2Cl)n1C(C)C. The van der Waals surface area contributed by atoms with Crippen LogP contribution in [-0.4, -0.2) is 57.5 Å². The van der Waals surface area contributed by atoms with Crippen LogP contribution >= 0.6 is 11.6 Å². The van der Waals surface area contributed by atoms with Gasteiger partial charge in [0.25, 0.3) is 5.91 Å². The molecule has 0 fully saturated rings. The van der Waals surface area contributed by atoms with Crippen molar-refractivity contribution >= 4 is 29.1 Å². The Bertz CT molecular complexity index is 1040. The Hall–Kier alpha value is -2.97. The van der Waals surface area contributed by atoms with Gasteiger partial charge in [0.15, 0.2) is 0 Å². The predicted octanol–water partition coefficient (Wildman–Crippen LogP) is 3.92. The molecular weight excluding hydrogens is 414 g/mol. The molecule has 0 unspecified atom stereocenters. The third-order valence-electron chi connectivity index (χ3n) is 4.73. The Morgan fingerprint density at radius 2 is 1.87 bits per heavy atom. The molecule has 0 aliphatic rings. The molecule has 2 N–H and O–H groups in total. The fraction of sp³-hybridized carbons (Fsp3) is 0.364. The number of aryl methyl sites for hydroxylation is 1. The minimum absolute atomic E-state index is 0.101. The van der Waals surface area contributed by atoms with Crippen LogP contribution in [-0.2, 0) is 0 Å². The van der Waals surface area contributed by atoms with Gasteiger partial charge in [0.1, 0.15) is 11.5 Å². The molecule has 0 aliphatic carbocycles. The standard InChI is InChI=1S/C22H28ClN7O/c1-14(2)30-15(3)25-13-19(30)20-18(23)12-26-22(28-20)27-17-8-6-16(7-9-17)21(31)24-10-11-29(4)5/h6-9,12-14H,10-11H2,1-5H3,(H,24,31)(H,26,27,28). The molecule has 164 valence electrons. The zero-order valence-corrected chi connectivity index (χ0v) is 19.2. The van der Waals surface area contributed by atoms with E-state index in [1.807, 2.05) is 38.1 Å². The van der Waals surface area contributed by atoms with Gasteiger partial charge in [-0.2, -0.15) is 0 Å². The molecule has 3 aromatic rings. The van der Waals surface area contributed by atoms with E-state index in [0.717, 1.165) is 23.8 Å². The Kier molecular flexibility index (Phi) is 7.25. The molecule has 0 radical (unpaired) electrons. The number of anilines is 2. The second-order valence-corrected chi connectivity index (χ2v) is 8.21. The molecule has 0 saturated carbocycles. The number of likely N-dealkylation sites (N-methyl/N-ethyl adjacent to an activating group) is 1. The summed E-state index contributed by atoms with van der Waals surface area (Å²) in [6.07, 6.45) is 3.35. The summed E-state index contributed by atoms with van der Waals surface area (Å²) in [7, 11) is 3.93. The van der Waals surface area contributed by atoms with Gasteiger partial charge >= 0.3 is 0 Å². The van der Waals surface area contributed by atoms with E-state index < -0.39 is 0 Å². The van der Waals surface area contributed by atoms with E-state index >= 15 is 0 Å². The number of hydrogen-bond donors (Lipinski definition) is 2. The zero-order valence-electron chi connectivity index (χ0n) is 18.5. The lowest BCUT2D eigenvalue weighted by Crippen LogP contribution is -2.31. The lowest BCUT2D eigenvalue weighted by molar-refractivity contribution is 0.0951. The fourth-order valence-electron chi connectivity index (χ4n) is 3.22. The van der Waals surface area contributed by atoms with Crippen molar-refractivity contribution < 1.29 is 4.79 Å². The van der Waals surface area contributed by atoms with Gasteiger partial charge in [-0.25, -0.2) is 15.0 Å². The van der Waals surface area contributed by atoms with Crippen molar-refractivity contribution in [3.05, 3.63) is 53.1 Å². The normalized spacial score (nSPS) is 11.2. The van der Waals surface area contributed by atoms with Gasteiger partial charge < -0.3 is 20.1 Å². The highest BCUT2D eigenvalue weighted by atomic mass is 35.5. The number of halogens is 1. The van der Waals surface area contributed by atoms with E-state index in [1.165, 1.54) is 0 Å². The van der Waals surface area contributed by atoms with Gasteiger partial charge in [-0.05, 0) is 59.1 Å². The molecular formula is C22H28ClN7O. The molecule has 1 amide bonds. The van der Waals surface area contributed by atoms with Crippen LogP contribution < -0.4 is 10.6 Å². The second kappa shape index (κ2) is 9.89. The summed E-state index contributed by atoms with van der Waals surface area (Å²) in [6, 6.07) is 7.39. The average Bonchev–Trinajstić information content (AvgIpc) is 3.11. The van der Waals surface area contributed by atoms with Crippen molar-refractivity contribution in [2.45, 2.75) is 26.8 Å². The Balaban J connectivity index is 1.75. The summed E-state index contributed by atoms with van der Waals surface area (Å²) in [5.74, 6) is 1.21. The summed E-state index contributed by atoms with van der Waals surface area (Å²) in [6.45, 7) is 7.52. The Labute approximate surface area is 187 Å². The second-order valence-electron chi connectivity index (χ2n) is 7.81. The molecule has 2 aromatic heterocycles. The molecule has 0 spiro atoms. The van der Waals surface area contributed by atoms with Crippen molar-refractivity contribution in [2.24, 2.45) is 0 Å². The Morgan fingerprint density at radius 1 is 1.16 bits per heavy atom. The van der Waals surface area contributed by atoms with Gasteiger partial charge in [0.2, 0.25) is 5.95 Å². The number of imidazole rings is 1. The Morgan fingerprint density at radius 3 is 2.52 bits per heavy atom. The highest BCUT2D eigenvalue weighted by Crippen LogP contribution is 2.29. The van der Waals surface area contributed by atoms with Crippen LogP contribution in [0.3, 0.4) is 0 Å². The van der Waals surface area contributed by atoms with Gasteiger partial charge in [-0.15, -0.1) is 0 Å². The van der Waals surface area contributed by atoms with E-state index in [9.17, 15) is 4.79 Å². The van der Waals surface area contributed by atoms with Crippen molar-refractivity contribution in [1.29, 1.82) is 0 Å². The first-order valence-corrected chi connectivity index (χ1v) is 10.5. The first kappa shape index (κ1) is 22.7. The van der Waals surface area contributed by atoms with Crippen LogP contribution in [0, 0.1) is 6.92 Å². The highest BCUT2D eigenvalue weighted by Gasteiger charge is 2.17. The molecule has 31 heavy (non-hydrogen) atoms. The van der Waals surface area contributed by atoms with E-state index in [2.05, 4.69) is 44.0 Å².